The van der Waals surface area contributed by atoms with Crippen LogP contribution in [0.2, 0.25) is 0 Å². The van der Waals surface area contributed by atoms with Gasteiger partial charge in [0, 0.05) is 18.7 Å². The van der Waals surface area contributed by atoms with Crippen molar-refractivity contribution in [3.63, 3.8) is 0 Å². The molecule has 0 unspecified atom stereocenters. The number of halogens is 1. The van der Waals surface area contributed by atoms with Crippen molar-refractivity contribution in [1.29, 1.82) is 0 Å². The first kappa shape index (κ1) is 13.9. The van der Waals surface area contributed by atoms with E-state index >= 15 is 0 Å². The molecule has 0 aliphatic carbocycles. The second kappa shape index (κ2) is 6.06. The van der Waals surface area contributed by atoms with Gasteiger partial charge in [0.05, 0.1) is 12.5 Å². The van der Waals surface area contributed by atoms with Crippen LogP contribution in [0.25, 0.3) is 0 Å². The van der Waals surface area contributed by atoms with Crippen LogP contribution in [0, 0.1) is 0 Å². The van der Waals surface area contributed by atoms with Crippen LogP contribution in [-0.4, -0.2) is 35.8 Å². The predicted octanol–water partition coefficient (Wildman–Crippen LogP) is 2.62. The van der Waals surface area contributed by atoms with E-state index in [2.05, 4.69) is 0 Å². The summed E-state index contributed by atoms with van der Waals surface area (Å²) in [6.07, 6.45) is 0.478. The Balaban J connectivity index is 2.18. The van der Waals surface area contributed by atoms with Crippen LogP contribution in [0.15, 0.2) is 18.2 Å². The van der Waals surface area contributed by atoms with Gasteiger partial charge in [-0.2, -0.15) is 0 Å². The minimum Gasteiger partial charge on any atom is -0.450 e. The Morgan fingerprint density at radius 1 is 1.37 bits per heavy atom. The molecule has 1 aliphatic heterocycles. The van der Waals surface area contributed by atoms with Crippen LogP contribution in [0.5, 0.6) is 0 Å². The lowest BCUT2D eigenvalue weighted by Crippen LogP contribution is -2.36. The van der Waals surface area contributed by atoms with Crippen molar-refractivity contribution >= 4 is 23.5 Å². The second-order valence-electron chi connectivity index (χ2n) is 4.41. The number of hydrogen-bond donors (Lipinski definition) is 0. The van der Waals surface area contributed by atoms with Gasteiger partial charge in [0.15, 0.2) is 5.78 Å². The number of ketones is 1. The molecule has 4 nitrogen and oxygen atoms in total. The normalized spacial score (nSPS) is 13.9. The van der Waals surface area contributed by atoms with Crippen molar-refractivity contribution in [2.45, 2.75) is 19.9 Å². The highest BCUT2D eigenvalue weighted by atomic mass is 35.5. The maximum absolute atomic E-state index is 11.7. The summed E-state index contributed by atoms with van der Waals surface area (Å²) in [5, 5.41) is 0. The van der Waals surface area contributed by atoms with Gasteiger partial charge >= 0.3 is 6.09 Å². The van der Waals surface area contributed by atoms with Crippen LogP contribution in [0.3, 0.4) is 0 Å². The minimum absolute atomic E-state index is 0.0274. The summed E-state index contributed by atoms with van der Waals surface area (Å²) in [5.74, 6) is -0.127. The standard InChI is InChI=1S/C14H16ClNO3/c1-2-19-14(18)16-6-5-10-3-4-11(13(17)8-15)7-12(10)9-16/h3-4,7H,2,5-6,8-9H2,1H3. The molecule has 102 valence electrons. The summed E-state index contributed by atoms with van der Waals surface area (Å²) in [7, 11) is 0. The molecule has 5 heteroatoms. The molecule has 0 saturated heterocycles. The van der Waals surface area contributed by atoms with Crippen molar-refractivity contribution in [2.75, 3.05) is 19.0 Å². The number of alkyl halides is 1. The number of hydrogen-bond acceptors (Lipinski definition) is 3. The van der Waals surface area contributed by atoms with Crippen LogP contribution in [-0.2, 0) is 17.7 Å². The zero-order chi connectivity index (χ0) is 13.8. The highest BCUT2D eigenvalue weighted by Gasteiger charge is 2.22. The largest absolute Gasteiger partial charge is 0.450 e. The van der Waals surface area contributed by atoms with Gasteiger partial charge < -0.3 is 9.64 Å². The van der Waals surface area contributed by atoms with Gasteiger partial charge in [-0.1, -0.05) is 12.1 Å². The molecule has 19 heavy (non-hydrogen) atoms. The van der Waals surface area contributed by atoms with E-state index < -0.39 is 0 Å². The van der Waals surface area contributed by atoms with Gasteiger partial charge in [0.1, 0.15) is 0 Å². The van der Waals surface area contributed by atoms with E-state index in [1.54, 1.807) is 17.9 Å². The molecule has 1 amide bonds. The van der Waals surface area contributed by atoms with E-state index in [-0.39, 0.29) is 17.8 Å². The maximum atomic E-state index is 11.7. The molecule has 0 bridgehead atoms. The SMILES string of the molecule is CCOC(=O)N1CCc2ccc(C(=O)CCl)cc2C1. The Bertz CT molecular complexity index is 501. The average Bonchev–Trinajstić information content (AvgIpc) is 2.45. The number of rotatable bonds is 3. The van der Waals surface area contributed by atoms with Gasteiger partial charge in [-0.15, -0.1) is 11.6 Å². The summed E-state index contributed by atoms with van der Waals surface area (Å²) >= 11 is 5.56. The average molecular weight is 282 g/mol. The fourth-order valence-corrected chi connectivity index (χ4v) is 2.33. The minimum atomic E-state index is -0.303. The summed E-state index contributed by atoms with van der Waals surface area (Å²) < 4.78 is 4.99. The quantitative estimate of drug-likeness (QED) is 0.632. The Morgan fingerprint density at radius 3 is 2.84 bits per heavy atom. The predicted molar refractivity (Wildman–Crippen MR) is 72.6 cm³/mol. The first-order valence-electron chi connectivity index (χ1n) is 6.28. The summed E-state index contributed by atoms with van der Waals surface area (Å²) in [6, 6.07) is 5.56. The Kier molecular flexibility index (Phi) is 4.43. The molecular formula is C14H16ClNO3. The molecular weight excluding hydrogens is 266 g/mol. The van der Waals surface area contributed by atoms with Gasteiger partial charge in [0.25, 0.3) is 0 Å². The van der Waals surface area contributed by atoms with Gasteiger partial charge in [-0.05, 0) is 30.5 Å². The van der Waals surface area contributed by atoms with E-state index in [1.165, 1.54) is 5.56 Å². The number of Topliss-reactive ketones (excluding diaryl/α,β-unsaturated/α-hetero) is 1. The number of ether oxygens (including phenoxy) is 1. The molecule has 0 fully saturated rings. The summed E-state index contributed by atoms with van der Waals surface area (Å²) in [6.45, 7) is 3.28. The molecule has 0 saturated carbocycles. The third-order valence-corrected chi connectivity index (χ3v) is 3.43. The molecule has 2 rings (SSSR count). The second-order valence-corrected chi connectivity index (χ2v) is 4.68. The third kappa shape index (κ3) is 3.07. The Hall–Kier alpha value is -1.55. The lowest BCUT2D eigenvalue weighted by atomic mass is 9.96. The zero-order valence-electron chi connectivity index (χ0n) is 10.8. The van der Waals surface area contributed by atoms with Crippen LogP contribution in [0.4, 0.5) is 4.79 Å². The van der Waals surface area contributed by atoms with Crippen LogP contribution in [0.1, 0.15) is 28.4 Å². The number of fused-ring (bicyclic) bond motifs is 1. The van der Waals surface area contributed by atoms with E-state index in [9.17, 15) is 9.59 Å². The number of benzene rings is 1. The number of amides is 1. The van der Waals surface area contributed by atoms with E-state index in [0.29, 0.717) is 25.3 Å². The molecule has 0 N–H and O–H groups in total. The number of carbonyl (C=O) groups excluding carboxylic acids is 2. The highest BCUT2D eigenvalue weighted by Crippen LogP contribution is 2.21. The number of nitrogens with zero attached hydrogens (tertiary/aromatic N) is 1. The molecule has 1 aromatic rings. The fourth-order valence-electron chi connectivity index (χ4n) is 2.18. The van der Waals surface area contributed by atoms with E-state index in [0.717, 1.165) is 12.0 Å². The van der Waals surface area contributed by atoms with Gasteiger partial charge in [-0.25, -0.2) is 4.79 Å². The molecule has 1 aliphatic rings. The van der Waals surface area contributed by atoms with Crippen molar-refractivity contribution in [1.82, 2.24) is 4.90 Å². The highest BCUT2D eigenvalue weighted by molar-refractivity contribution is 6.30. The van der Waals surface area contributed by atoms with Crippen molar-refractivity contribution in [2.24, 2.45) is 0 Å². The lowest BCUT2D eigenvalue weighted by Gasteiger charge is -2.28. The monoisotopic (exact) mass is 281 g/mol. The zero-order valence-corrected chi connectivity index (χ0v) is 11.6. The topological polar surface area (TPSA) is 46.6 Å². The van der Waals surface area contributed by atoms with Crippen LogP contribution < -0.4 is 0 Å². The van der Waals surface area contributed by atoms with Crippen molar-refractivity contribution in [3.8, 4) is 0 Å². The molecule has 0 spiro atoms. The summed E-state index contributed by atoms with van der Waals surface area (Å²) in [5.41, 5.74) is 2.77. The van der Waals surface area contributed by atoms with E-state index in [4.69, 9.17) is 16.3 Å². The number of carbonyl (C=O) groups is 2. The Labute approximate surface area is 117 Å². The smallest absolute Gasteiger partial charge is 0.410 e. The van der Waals surface area contributed by atoms with Crippen molar-refractivity contribution in [3.05, 3.63) is 34.9 Å². The van der Waals surface area contributed by atoms with E-state index in [1.807, 2.05) is 12.1 Å². The fraction of sp³-hybridized carbons (Fsp3) is 0.429. The lowest BCUT2D eigenvalue weighted by molar-refractivity contribution is 0.102. The third-order valence-electron chi connectivity index (χ3n) is 3.19. The first-order chi connectivity index (χ1) is 9.15. The van der Waals surface area contributed by atoms with Crippen molar-refractivity contribution < 1.29 is 14.3 Å². The van der Waals surface area contributed by atoms with Gasteiger partial charge in [-0.3, -0.25) is 4.79 Å². The molecule has 0 aromatic heterocycles. The first-order valence-corrected chi connectivity index (χ1v) is 6.81. The molecule has 0 atom stereocenters. The molecule has 1 heterocycles. The molecule has 0 radical (unpaired) electrons. The summed E-state index contributed by atoms with van der Waals surface area (Å²) in [4.78, 5) is 24.9. The van der Waals surface area contributed by atoms with Crippen LogP contribution >= 0.6 is 11.6 Å². The van der Waals surface area contributed by atoms with Gasteiger partial charge in [0.2, 0.25) is 0 Å². The maximum Gasteiger partial charge on any atom is 0.410 e. The molecule has 1 aromatic carbocycles. The Morgan fingerprint density at radius 2 is 2.16 bits per heavy atom.